The Morgan fingerprint density at radius 2 is 1.38 bits per heavy atom. The van der Waals surface area contributed by atoms with E-state index in [4.69, 9.17) is 67.4 Å². The molecule has 2 aliphatic rings. The molecule has 7 nitrogen and oxygen atoms in total. The Hall–Kier alpha value is 0.574. The molecule has 0 aromatic carbocycles. The first-order valence-electron chi connectivity index (χ1n) is 12.1. The molecule has 12 heteroatoms. The van der Waals surface area contributed by atoms with Crippen LogP contribution in [0, 0.1) is 5.41 Å². The summed E-state index contributed by atoms with van der Waals surface area (Å²) < 4.78 is 37.2. The smallest absolute Gasteiger partial charge is 0.335 e. The summed E-state index contributed by atoms with van der Waals surface area (Å²) in [6.07, 6.45) is -2.78. The monoisotopic (exact) mass is 577 g/mol. The van der Waals surface area contributed by atoms with Crippen molar-refractivity contribution in [3.8, 4) is 0 Å². The van der Waals surface area contributed by atoms with Crippen LogP contribution >= 0.6 is 34.8 Å². The topological polar surface area (TPSA) is 79.2 Å². The lowest BCUT2D eigenvalue weighted by Crippen LogP contribution is -2.66. The number of hydrogen-bond donors (Lipinski definition) is 1. The van der Waals surface area contributed by atoms with Crippen molar-refractivity contribution in [1.29, 1.82) is 5.41 Å². The summed E-state index contributed by atoms with van der Waals surface area (Å²) >= 11 is 17.6. The van der Waals surface area contributed by atoms with Gasteiger partial charge in [0.05, 0.1) is 12.7 Å². The minimum Gasteiger partial charge on any atom is -0.445 e. The van der Waals surface area contributed by atoms with Crippen LogP contribution in [0.2, 0.25) is 22.2 Å². The maximum absolute atomic E-state index is 8.08. The Balaban J connectivity index is 2.56. The molecule has 2 rings (SSSR count). The quantitative estimate of drug-likeness (QED) is 0.154. The summed E-state index contributed by atoms with van der Waals surface area (Å²) in [4.78, 5) is 0. The molecule has 0 saturated carbocycles. The van der Waals surface area contributed by atoms with Crippen molar-refractivity contribution in [2.24, 2.45) is 0 Å². The highest BCUT2D eigenvalue weighted by Crippen LogP contribution is 2.48. The molecular weight excluding hydrogens is 537 g/mol. The van der Waals surface area contributed by atoms with Crippen molar-refractivity contribution in [3.63, 3.8) is 0 Å². The number of rotatable bonds is 7. The van der Waals surface area contributed by atoms with Crippen molar-refractivity contribution in [3.05, 3.63) is 0 Å². The molecule has 0 unspecified atom stereocenters. The van der Waals surface area contributed by atoms with E-state index < -0.39 is 51.4 Å². The van der Waals surface area contributed by atoms with Gasteiger partial charge in [0.2, 0.25) is 12.2 Å². The molecule has 2 heterocycles. The standard InChI is InChI=1S/C22H42Cl3NO6Si2/c1-12(2)28-19-18-17(29-20(19)30-21(26)22(23,24)25)11-27-33(13(3)4,14(5)6)32-34(31-18,15(7)8)16(9)10/h12-20,26H,11H2,1-10H3/t17-,18-,19-,20+/m1/s1. The Morgan fingerprint density at radius 1 is 0.882 bits per heavy atom. The third-order valence-electron chi connectivity index (χ3n) is 6.52. The third-order valence-corrected chi connectivity index (χ3v) is 17.3. The number of ether oxygens (including phenoxy) is 3. The van der Waals surface area contributed by atoms with E-state index in [1.165, 1.54) is 0 Å². The van der Waals surface area contributed by atoms with Gasteiger partial charge in [-0.3, -0.25) is 5.41 Å². The van der Waals surface area contributed by atoms with Gasteiger partial charge in [0, 0.05) is 0 Å². The Morgan fingerprint density at radius 3 is 1.79 bits per heavy atom. The summed E-state index contributed by atoms with van der Waals surface area (Å²) in [7, 11) is -5.59. The van der Waals surface area contributed by atoms with Gasteiger partial charge >= 0.3 is 17.1 Å². The molecule has 4 atom stereocenters. The van der Waals surface area contributed by atoms with E-state index in [2.05, 4.69) is 55.4 Å². The number of hydrogen-bond acceptors (Lipinski definition) is 7. The number of fused-ring (bicyclic) bond motifs is 1. The molecule has 0 spiro atoms. The van der Waals surface area contributed by atoms with Gasteiger partial charge in [-0.05, 0) is 36.0 Å². The average Bonchev–Trinajstić information content (AvgIpc) is 2.95. The highest BCUT2D eigenvalue weighted by molar-refractivity contribution is 6.84. The zero-order chi connectivity index (χ0) is 26.2. The SMILES string of the molecule is CC(C)O[C@H]1[C@H](OC(=N)C(Cl)(Cl)Cl)O[C@@H]2CO[Si](C(C)C)(C(C)C)O[Si](C(C)C)(C(C)C)O[C@@H]12. The van der Waals surface area contributed by atoms with Crippen LogP contribution in [-0.2, 0) is 27.2 Å². The Bertz CT molecular complexity index is 689. The van der Waals surface area contributed by atoms with Gasteiger partial charge in [0.1, 0.15) is 18.3 Å². The molecule has 0 aromatic rings. The van der Waals surface area contributed by atoms with Gasteiger partial charge in [-0.15, -0.1) is 0 Å². The normalized spacial score (nSPS) is 29.6. The van der Waals surface area contributed by atoms with Crippen LogP contribution in [0.25, 0.3) is 0 Å². The summed E-state index contributed by atoms with van der Waals surface area (Å²) in [6, 6.07) is 0. The summed E-state index contributed by atoms with van der Waals surface area (Å²) in [5.74, 6) is -0.532. The maximum atomic E-state index is 8.08. The van der Waals surface area contributed by atoms with Gasteiger partial charge in [0.25, 0.3) is 3.79 Å². The lowest BCUT2D eigenvalue weighted by atomic mass is 10.1. The Kier molecular flexibility index (Phi) is 10.4. The van der Waals surface area contributed by atoms with Gasteiger partial charge in [-0.2, -0.15) is 0 Å². The van der Waals surface area contributed by atoms with E-state index in [0.29, 0.717) is 0 Å². The van der Waals surface area contributed by atoms with Gasteiger partial charge in [-0.1, -0.05) is 90.2 Å². The number of halogens is 3. The zero-order valence-corrected chi connectivity index (χ0v) is 26.3. The lowest BCUT2D eigenvalue weighted by molar-refractivity contribution is -0.148. The largest absolute Gasteiger partial charge is 0.445 e. The van der Waals surface area contributed by atoms with Crippen molar-refractivity contribution >= 4 is 57.8 Å². The molecule has 1 N–H and O–H groups in total. The summed E-state index contributed by atoms with van der Waals surface area (Å²) in [5, 5.41) is 8.08. The zero-order valence-electron chi connectivity index (χ0n) is 22.0. The first-order chi connectivity index (χ1) is 15.5. The minimum atomic E-state index is -2.88. The molecule has 200 valence electrons. The van der Waals surface area contributed by atoms with Gasteiger partial charge in [-0.25, -0.2) is 0 Å². The predicted octanol–water partition coefficient (Wildman–Crippen LogP) is 6.83. The van der Waals surface area contributed by atoms with Crippen LogP contribution < -0.4 is 0 Å². The first kappa shape index (κ1) is 30.8. The highest BCUT2D eigenvalue weighted by Gasteiger charge is 2.62. The van der Waals surface area contributed by atoms with Crippen molar-refractivity contribution < 1.29 is 27.2 Å². The van der Waals surface area contributed by atoms with E-state index in [1.807, 2.05) is 13.8 Å². The Labute approximate surface area is 222 Å². The molecule has 2 saturated heterocycles. The molecular formula is C22H42Cl3NO6Si2. The molecule has 0 aromatic heterocycles. The summed E-state index contributed by atoms with van der Waals surface area (Å²) in [6.45, 7) is 21.4. The van der Waals surface area contributed by atoms with Gasteiger partial charge < -0.3 is 27.2 Å². The second-order valence-corrected chi connectivity index (χ2v) is 21.8. The fraction of sp³-hybridized carbons (Fsp3) is 0.955. The minimum absolute atomic E-state index is 0.148. The maximum Gasteiger partial charge on any atom is 0.335 e. The molecule has 2 aliphatic heterocycles. The second kappa shape index (κ2) is 11.5. The van der Waals surface area contributed by atoms with Crippen LogP contribution in [0.3, 0.4) is 0 Å². The molecule has 0 amide bonds. The highest BCUT2D eigenvalue weighted by atomic mass is 35.6. The second-order valence-electron chi connectivity index (χ2n) is 10.7. The van der Waals surface area contributed by atoms with Crippen LogP contribution in [0.4, 0.5) is 0 Å². The summed E-state index contributed by atoms with van der Waals surface area (Å²) in [5.41, 5.74) is 0.730. The van der Waals surface area contributed by atoms with Gasteiger partial charge in [0.15, 0.2) is 0 Å². The van der Waals surface area contributed by atoms with E-state index in [-0.39, 0.29) is 34.9 Å². The van der Waals surface area contributed by atoms with Crippen LogP contribution in [-0.4, -0.2) is 64.1 Å². The fourth-order valence-corrected chi connectivity index (χ4v) is 16.2. The van der Waals surface area contributed by atoms with Crippen molar-refractivity contribution in [1.82, 2.24) is 0 Å². The van der Waals surface area contributed by atoms with Crippen molar-refractivity contribution in [2.75, 3.05) is 6.61 Å². The fourth-order valence-electron chi connectivity index (χ4n) is 4.84. The molecule has 0 radical (unpaired) electrons. The molecule has 0 bridgehead atoms. The van der Waals surface area contributed by atoms with E-state index in [1.54, 1.807) is 0 Å². The average molecular weight is 579 g/mol. The molecule has 34 heavy (non-hydrogen) atoms. The lowest BCUT2D eigenvalue weighted by Gasteiger charge is -2.51. The van der Waals surface area contributed by atoms with E-state index >= 15 is 0 Å². The van der Waals surface area contributed by atoms with Crippen LogP contribution in [0.15, 0.2) is 0 Å². The molecule has 2 fully saturated rings. The van der Waals surface area contributed by atoms with E-state index in [0.717, 1.165) is 0 Å². The van der Waals surface area contributed by atoms with Crippen LogP contribution in [0.1, 0.15) is 69.2 Å². The predicted molar refractivity (Wildman–Crippen MR) is 142 cm³/mol. The van der Waals surface area contributed by atoms with E-state index in [9.17, 15) is 0 Å². The number of alkyl halides is 3. The van der Waals surface area contributed by atoms with Crippen LogP contribution in [0.5, 0.6) is 0 Å². The number of nitrogens with one attached hydrogen (secondary N) is 1. The van der Waals surface area contributed by atoms with Crippen molar-refractivity contribution in [2.45, 2.75) is 126 Å². The molecule has 0 aliphatic carbocycles. The first-order valence-corrected chi connectivity index (χ1v) is 17.2. The third kappa shape index (κ3) is 6.34.